The Hall–Kier alpha value is -1.73. The molecule has 0 N–H and O–H groups in total. The third-order valence-electron chi connectivity index (χ3n) is 3.32. The number of aromatic nitrogens is 2. The molecule has 1 saturated heterocycles. The Bertz CT molecular complexity index is 671. The lowest BCUT2D eigenvalue weighted by atomic mass is 10.0. The zero-order valence-electron chi connectivity index (χ0n) is 11.3. The van der Waals surface area contributed by atoms with Gasteiger partial charge in [0, 0.05) is 12.0 Å². The molecular weight excluding hydrogens is 340 g/mol. The van der Waals surface area contributed by atoms with Crippen LogP contribution in [0.2, 0.25) is 0 Å². The Labute approximate surface area is 129 Å². The number of methoxy groups -OCH3 is 1. The van der Waals surface area contributed by atoms with Crippen LogP contribution in [0.1, 0.15) is 18.2 Å². The van der Waals surface area contributed by atoms with Crippen LogP contribution < -0.4 is 4.74 Å². The number of rotatable bonds is 3. The average Bonchev–Trinajstić information content (AvgIpc) is 2.97. The van der Waals surface area contributed by atoms with Crippen molar-refractivity contribution in [1.82, 2.24) is 10.1 Å². The first-order valence-electron chi connectivity index (χ1n) is 6.47. The van der Waals surface area contributed by atoms with Crippen molar-refractivity contribution >= 4 is 21.7 Å². The van der Waals surface area contributed by atoms with E-state index in [9.17, 15) is 4.79 Å². The quantitative estimate of drug-likeness (QED) is 0.844. The summed E-state index contributed by atoms with van der Waals surface area (Å²) in [5, 5.41) is 3.94. The summed E-state index contributed by atoms with van der Waals surface area (Å²) in [7, 11) is 1.60. The van der Waals surface area contributed by atoms with Gasteiger partial charge in [-0.15, -0.1) is 0 Å². The summed E-state index contributed by atoms with van der Waals surface area (Å²) in [6.45, 7) is 0.758. The van der Waals surface area contributed by atoms with E-state index in [2.05, 4.69) is 26.1 Å². The molecule has 0 radical (unpaired) electrons. The van der Waals surface area contributed by atoms with E-state index < -0.39 is 5.92 Å². The molecule has 0 saturated carbocycles. The third kappa shape index (κ3) is 2.84. The van der Waals surface area contributed by atoms with Crippen LogP contribution in [0.3, 0.4) is 0 Å². The number of ether oxygens (including phenoxy) is 2. The largest absolute Gasteiger partial charge is 0.496 e. The van der Waals surface area contributed by atoms with Gasteiger partial charge in [-0.25, -0.2) is 0 Å². The van der Waals surface area contributed by atoms with Crippen LogP contribution >= 0.6 is 15.9 Å². The molecule has 0 spiro atoms. The van der Waals surface area contributed by atoms with Crippen LogP contribution in [0.25, 0.3) is 11.4 Å². The Kier molecular flexibility index (Phi) is 4.03. The van der Waals surface area contributed by atoms with Crippen molar-refractivity contribution in [2.75, 3.05) is 20.3 Å². The molecule has 0 amide bonds. The second kappa shape index (κ2) is 5.95. The van der Waals surface area contributed by atoms with Crippen LogP contribution in [0.4, 0.5) is 0 Å². The van der Waals surface area contributed by atoms with E-state index in [4.69, 9.17) is 14.0 Å². The molecule has 7 heteroatoms. The number of ketones is 1. The second-order valence-corrected chi connectivity index (χ2v) is 5.50. The van der Waals surface area contributed by atoms with Crippen molar-refractivity contribution in [1.29, 1.82) is 0 Å². The van der Waals surface area contributed by atoms with Gasteiger partial charge in [-0.05, 0) is 34.1 Å². The summed E-state index contributed by atoms with van der Waals surface area (Å²) in [6.07, 6.45) is 0.385. The molecule has 0 aliphatic carbocycles. The van der Waals surface area contributed by atoms with Gasteiger partial charge < -0.3 is 14.0 Å². The molecule has 1 aromatic carbocycles. The molecule has 2 heterocycles. The molecule has 1 unspecified atom stereocenters. The maximum atomic E-state index is 11.8. The summed E-state index contributed by atoms with van der Waals surface area (Å²) in [6, 6.07) is 5.48. The first-order chi connectivity index (χ1) is 10.2. The van der Waals surface area contributed by atoms with Crippen LogP contribution in [-0.4, -0.2) is 36.2 Å². The van der Waals surface area contributed by atoms with Crippen LogP contribution in [-0.2, 0) is 9.53 Å². The predicted octanol–water partition coefficient (Wildman–Crippen LogP) is 2.58. The topological polar surface area (TPSA) is 74.5 Å². The van der Waals surface area contributed by atoms with Crippen molar-refractivity contribution in [2.24, 2.45) is 0 Å². The van der Waals surface area contributed by atoms with Gasteiger partial charge in [-0.1, -0.05) is 5.16 Å². The van der Waals surface area contributed by atoms with E-state index in [0.717, 1.165) is 15.8 Å². The highest BCUT2D eigenvalue weighted by molar-refractivity contribution is 9.10. The van der Waals surface area contributed by atoms with Crippen LogP contribution in [0.15, 0.2) is 27.2 Å². The van der Waals surface area contributed by atoms with Gasteiger partial charge in [-0.3, -0.25) is 4.79 Å². The molecule has 110 valence electrons. The first kappa shape index (κ1) is 14.2. The summed E-state index contributed by atoms with van der Waals surface area (Å²) >= 11 is 3.41. The minimum Gasteiger partial charge on any atom is -0.496 e. The van der Waals surface area contributed by atoms with Gasteiger partial charge >= 0.3 is 0 Å². The molecule has 6 nitrogen and oxygen atoms in total. The summed E-state index contributed by atoms with van der Waals surface area (Å²) in [5.41, 5.74) is 0.779. The molecule has 1 aromatic heterocycles. The number of nitrogens with zero attached hydrogens (tertiary/aromatic N) is 2. The fourth-order valence-electron chi connectivity index (χ4n) is 2.15. The SMILES string of the molecule is COc1ccc(-c2noc(C3COCCC3=O)n2)cc1Br. The van der Waals surface area contributed by atoms with Gasteiger partial charge in [0.15, 0.2) is 0 Å². The van der Waals surface area contributed by atoms with Crippen molar-refractivity contribution in [3.63, 3.8) is 0 Å². The van der Waals surface area contributed by atoms with Crippen LogP contribution in [0.5, 0.6) is 5.75 Å². The number of Topliss-reactive ketones (excluding diaryl/α,β-unsaturated/α-hetero) is 1. The van der Waals surface area contributed by atoms with E-state index in [-0.39, 0.29) is 5.78 Å². The maximum Gasteiger partial charge on any atom is 0.239 e. The Morgan fingerprint density at radius 2 is 2.29 bits per heavy atom. The molecule has 1 fully saturated rings. The number of halogens is 1. The Balaban J connectivity index is 1.87. The molecule has 1 atom stereocenters. The number of hydrogen-bond donors (Lipinski definition) is 0. The van der Waals surface area contributed by atoms with Gasteiger partial charge in [0.1, 0.15) is 17.5 Å². The number of carbonyl (C=O) groups excluding carboxylic acids is 1. The lowest BCUT2D eigenvalue weighted by Crippen LogP contribution is -2.25. The lowest BCUT2D eigenvalue weighted by molar-refractivity contribution is -0.127. The molecule has 1 aliphatic heterocycles. The minimum absolute atomic E-state index is 0.0763. The lowest BCUT2D eigenvalue weighted by Gasteiger charge is -2.17. The molecule has 3 rings (SSSR count). The summed E-state index contributed by atoms with van der Waals surface area (Å²) in [4.78, 5) is 16.2. The van der Waals surface area contributed by atoms with Gasteiger partial charge in [0.2, 0.25) is 11.7 Å². The average molecular weight is 353 g/mol. The normalized spacial score (nSPS) is 18.8. The van der Waals surface area contributed by atoms with E-state index in [1.165, 1.54) is 0 Å². The standard InChI is InChI=1S/C14H13BrN2O4/c1-19-12-3-2-8(6-10(12)15)13-16-14(21-17-13)9-7-20-5-4-11(9)18/h2-3,6,9H,4-5,7H2,1H3. The van der Waals surface area contributed by atoms with E-state index in [1.54, 1.807) is 7.11 Å². The van der Waals surface area contributed by atoms with E-state index in [1.807, 2.05) is 18.2 Å². The highest BCUT2D eigenvalue weighted by atomic mass is 79.9. The van der Waals surface area contributed by atoms with Crippen molar-refractivity contribution in [2.45, 2.75) is 12.3 Å². The van der Waals surface area contributed by atoms with Gasteiger partial charge in [0.25, 0.3) is 0 Å². The molecule has 21 heavy (non-hydrogen) atoms. The Morgan fingerprint density at radius 1 is 1.43 bits per heavy atom. The van der Waals surface area contributed by atoms with Crippen molar-refractivity contribution in [3.8, 4) is 17.1 Å². The number of carbonyl (C=O) groups is 1. The maximum absolute atomic E-state index is 11.8. The summed E-state index contributed by atoms with van der Waals surface area (Å²) in [5.74, 6) is 1.08. The monoisotopic (exact) mass is 352 g/mol. The molecule has 2 aromatic rings. The molecule has 1 aliphatic rings. The summed E-state index contributed by atoms with van der Waals surface area (Å²) < 4.78 is 16.5. The third-order valence-corrected chi connectivity index (χ3v) is 3.94. The number of benzene rings is 1. The molecule has 0 bridgehead atoms. The Morgan fingerprint density at radius 3 is 3.00 bits per heavy atom. The van der Waals surface area contributed by atoms with E-state index >= 15 is 0 Å². The fraction of sp³-hybridized carbons (Fsp3) is 0.357. The zero-order chi connectivity index (χ0) is 14.8. The second-order valence-electron chi connectivity index (χ2n) is 4.65. The van der Waals surface area contributed by atoms with Crippen molar-refractivity contribution in [3.05, 3.63) is 28.6 Å². The number of hydrogen-bond acceptors (Lipinski definition) is 6. The fourth-order valence-corrected chi connectivity index (χ4v) is 2.69. The zero-order valence-corrected chi connectivity index (χ0v) is 12.9. The minimum atomic E-state index is -0.457. The smallest absolute Gasteiger partial charge is 0.239 e. The van der Waals surface area contributed by atoms with Crippen LogP contribution in [0, 0.1) is 0 Å². The highest BCUT2D eigenvalue weighted by Gasteiger charge is 2.30. The van der Waals surface area contributed by atoms with E-state index in [0.29, 0.717) is 31.3 Å². The first-order valence-corrected chi connectivity index (χ1v) is 7.26. The predicted molar refractivity (Wildman–Crippen MR) is 77.2 cm³/mol. The van der Waals surface area contributed by atoms with Gasteiger partial charge in [-0.2, -0.15) is 4.98 Å². The highest BCUT2D eigenvalue weighted by Crippen LogP contribution is 2.30. The molecular formula is C14H13BrN2O4. The van der Waals surface area contributed by atoms with Crippen molar-refractivity contribution < 1.29 is 18.8 Å². The van der Waals surface area contributed by atoms with Gasteiger partial charge in [0.05, 0.1) is 24.8 Å².